The minimum absolute atomic E-state index is 0.00989. The number of ether oxygens (including phenoxy) is 1. The van der Waals surface area contributed by atoms with E-state index < -0.39 is 0 Å². The number of amides is 1. The smallest absolute Gasteiger partial charge is 0.231 e. The normalized spacial score (nSPS) is 10.4. The Balaban J connectivity index is 1.67. The molecule has 0 saturated heterocycles. The Bertz CT molecular complexity index is 794. The largest absolute Gasteiger partial charge is 0.481 e. The first-order valence-electron chi connectivity index (χ1n) is 7.66. The Morgan fingerprint density at radius 2 is 1.83 bits per heavy atom. The molecule has 0 aliphatic heterocycles. The van der Waals surface area contributed by atoms with Gasteiger partial charge in [-0.1, -0.05) is 12.1 Å². The van der Waals surface area contributed by atoms with Crippen LogP contribution in [0.25, 0.3) is 5.69 Å². The number of pyridine rings is 1. The fourth-order valence-corrected chi connectivity index (χ4v) is 2.42. The van der Waals surface area contributed by atoms with Gasteiger partial charge in [0.2, 0.25) is 11.8 Å². The Kier molecular flexibility index (Phi) is 4.61. The van der Waals surface area contributed by atoms with Gasteiger partial charge in [-0.25, -0.2) is 4.98 Å². The molecule has 0 N–H and O–H groups in total. The topological polar surface area (TPSA) is 47.4 Å². The van der Waals surface area contributed by atoms with E-state index in [-0.39, 0.29) is 5.91 Å². The van der Waals surface area contributed by atoms with E-state index >= 15 is 0 Å². The van der Waals surface area contributed by atoms with Crippen LogP contribution in [0, 0.1) is 0 Å². The summed E-state index contributed by atoms with van der Waals surface area (Å²) >= 11 is 0. The standard InChI is InChI=1S/C19H19N3O2/c1-21(17-9-10-18(24-2)20-14-17)19(23)13-15-5-7-16(8-6-15)22-11-3-4-12-22/h3-12,14H,13H2,1-2H3. The summed E-state index contributed by atoms with van der Waals surface area (Å²) in [5.74, 6) is 0.538. The maximum atomic E-state index is 12.4. The lowest BCUT2D eigenvalue weighted by Crippen LogP contribution is -2.27. The molecule has 5 heteroatoms. The highest BCUT2D eigenvalue weighted by Gasteiger charge is 2.12. The summed E-state index contributed by atoms with van der Waals surface area (Å²) in [5, 5.41) is 0. The molecule has 0 bridgehead atoms. The number of hydrogen-bond acceptors (Lipinski definition) is 3. The molecule has 0 spiro atoms. The first kappa shape index (κ1) is 15.8. The summed E-state index contributed by atoms with van der Waals surface area (Å²) in [6.07, 6.45) is 5.95. The quantitative estimate of drug-likeness (QED) is 0.725. The molecule has 0 atom stereocenters. The number of nitrogens with zero attached hydrogens (tertiary/aromatic N) is 3. The molecule has 0 fully saturated rings. The molecule has 0 aliphatic carbocycles. The lowest BCUT2D eigenvalue weighted by atomic mass is 10.1. The molecule has 3 rings (SSSR count). The van der Waals surface area contributed by atoms with E-state index in [2.05, 4.69) is 4.98 Å². The van der Waals surface area contributed by atoms with Gasteiger partial charge >= 0.3 is 0 Å². The molecule has 0 saturated carbocycles. The van der Waals surface area contributed by atoms with E-state index in [9.17, 15) is 4.79 Å². The maximum Gasteiger partial charge on any atom is 0.231 e. The zero-order valence-electron chi connectivity index (χ0n) is 13.7. The summed E-state index contributed by atoms with van der Waals surface area (Å²) in [6.45, 7) is 0. The van der Waals surface area contributed by atoms with Crippen molar-refractivity contribution in [1.82, 2.24) is 9.55 Å². The highest BCUT2D eigenvalue weighted by Crippen LogP contribution is 2.17. The van der Waals surface area contributed by atoms with Crippen molar-refractivity contribution in [1.29, 1.82) is 0 Å². The van der Waals surface area contributed by atoms with Crippen LogP contribution in [0.15, 0.2) is 67.1 Å². The van der Waals surface area contributed by atoms with E-state index in [1.165, 1.54) is 0 Å². The monoisotopic (exact) mass is 321 g/mol. The summed E-state index contributed by atoms with van der Waals surface area (Å²) in [6, 6.07) is 15.5. The number of methoxy groups -OCH3 is 1. The van der Waals surface area contributed by atoms with Gasteiger partial charge in [-0.2, -0.15) is 0 Å². The van der Waals surface area contributed by atoms with Crippen molar-refractivity contribution in [2.45, 2.75) is 6.42 Å². The predicted octanol–water partition coefficient (Wildman–Crippen LogP) is 3.09. The number of carbonyl (C=O) groups is 1. The Hall–Kier alpha value is -3.08. The van der Waals surface area contributed by atoms with Gasteiger partial charge < -0.3 is 14.2 Å². The number of likely N-dealkylation sites (N-methyl/N-ethyl adjacent to an activating group) is 1. The van der Waals surface area contributed by atoms with Crippen molar-refractivity contribution in [3.05, 3.63) is 72.7 Å². The van der Waals surface area contributed by atoms with Crippen molar-refractivity contribution < 1.29 is 9.53 Å². The minimum Gasteiger partial charge on any atom is -0.481 e. The van der Waals surface area contributed by atoms with Crippen LogP contribution in [-0.4, -0.2) is 29.6 Å². The van der Waals surface area contributed by atoms with Gasteiger partial charge in [0.05, 0.1) is 25.4 Å². The Morgan fingerprint density at radius 1 is 1.12 bits per heavy atom. The van der Waals surface area contributed by atoms with Crippen LogP contribution in [0.4, 0.5) is 5.69 Å². The summed E-state index contributed by atoms with van der Waals surface area (Å²) in [4.78, 5) is 18.2. The SMILES string of the molecule is COc1ccc(N(C)C(=O)Cc2ccc(-n3cccc3)cc2)cn1. The lowest BCUT2D eigenvalue weighted by Gasteiger charge is -2.17. The molecular formula is C19H19N3O2. The Morgan fingerprint density at radius 3 is 2.42 bits per heavy atom. The van der Waals surface area contributed by atoms with Gasteiger partial charge in [-0.15, -0.1) is 0 Å². The third kappa shape index (κ3) is 3.46. The first-order valence-corrected chi connectivity index (χ1v) is 7.66. The van der Waals surface area contributed by atoms with E-state index in [1.807, 2.05) is 59.4 Å². The maximum absolute atomic E-state index is 12.4. The second-order valence-corrected chi connectivity index (χ2v) is 5.45. The van der Waals surface area contributed by atoms with Gasteiger partial charge in [0.1, 0.15) is 0 Å². The average Bonchev–Trinajstić information content (AvgIpc) is 3.16. The predicted molar refractivity (Wildman–Crippen MR) is 93.7 cm³/mol. The van der Waals surface area contributed by atoms with Crippen LogP contribution >= 0.6 is 0 Å². The zero-order valence-corrected chi connectivity index (χ0v) is 13.7. The van der Waals surface area contributed by atoms with Crippen LogP contribution in [0.3, 0.4) is 0 Å². The zero-order chi connectivity index (χ0) is 16.9. The van der Waals surface area contributed by atoms with Gasteiger partial charge in [0.25, 0.3) is 0 Å². The highest BCUT2D eigenvalue weighted by atomic mass is 16.5. The van der Waals surface area contributed by atoms with Crippen molar-refractivity contribution in [2.75, 3.05) is 19.1 Å². The molecule has 2 aromatic heterocycles. The van der Waals surface area contributed by atoms with Crippen molar-refractivity contribution in [2.24, 2.45) is 0 Å². The molecule has 0 radical (unpaired) electrons. The first-order chi connectivity index (χ1) is 11.7. The second kappa shape index (κ2) is 7.00. The number of carbonyl (C=O) groups excluding carboxylic acids is 1. The van der Waals surface area contributed by atoms with Crippen molar-refractivity contribution in [3.8, 4) is 11.6 Å². The van der Waals surface area contributed by atoms with E-state index in [0.29, 0.717) is 12.3 Å². The Labute approximate surface area is 141 Å². The second-order valence-electron chi connectivity index (χ2n) is 5.45. The summed E-state index contributed by atoms with van der Waals surface area (Å²) in [7, 11) is 3.31. The molecule has 1 aromatic carbocycles. The highest BCUT2D eigenvalue weighted by molar-refractivity contribution is 5.94. The molecule has 122 valence electrons. The van der Waals surface area contributed by atoms with Gasteiger partial charge in [0.15, 0.2) is 0 Å². The number of benzene rings is 1. The summed E-state index contributed by atoms with van der Waals surface area (Å²) < 4.78 is 7.06. The van der Waals surface area contributed by atoms with Crippen LogP contribution in [0.5, 0.6) is 5.88 Å². The minimum atomic E-state index is 0.00989. The van der Waals surface area contributed by atoms with Crippen molar-refractivity contribution in [3.63, 3.8) is 0 Å². The van der Waals surface area contributed by atoms with Crippen molar-refractivity contribution >= 4 is 11.6 Å². The molecule has 24 heavy (non-hydrogen) atoms. The van der Waals surface area contributed by atoms with Gasteiger partial charge in [0, 0.05) is 31.2 Å². The number of aromatic nitrogens is 2. The molecule has 2 heterocycles. The van der Waals surface area contributed by atoms with E-state index in [0.717, 1.165) is 16.9 Å². The molecule has 1 amide bonds. The van der Waals surface area contributed by atoms with Crippen LogP contribution in [-0.2, 0) is 11.2 Å². The number of hydrogen-bond donors (Lipinski definition) is 0. The van der Waals surface area contributed by atoms with Crippen LogP contribution in [0.2, 0.25) is 0 Å². The molecule has 0 unspecified atom stereocenters. The summed E-state index contributed by atoms with van der Waals surface area (Å²) in [5.41, 5.74) is 2.79. The molecule has 3 aromatic rings. The third-order valence-corrected chi connectivity index (χ3v) is 3.89. The lowest BCUT2D eigenvalue weighted by molar-refractivity contribution is -0.117. The number of rotatable bonds is 5. The fraction of sp³-hybridized carbons (Fsp3) is 0.158. The average molecular weight is 321 g/mol. The molecule has 5 nitrogen and oxygen atoms in total. The molecular weight excluding hydrogens is 302 g/mol. The van der Waals surface area contributed by atoms with E-state index in [4.69, 9.17) is 4.74 Å². The van der Waals surface area contributed by atoms with Gasteiger partial charge in [-0.05, 0) is 35.9 Å². The molecule has 0 aliphatic rings. The van der Waals surface area contributed by atoms with Crippen LogP contribution in [0.1, 0.15) is 5.56 Å². The third-order valence-electron chi connectivity index (χ3n) is 3.89. The van der Waals surface area contributed by atoms with Crippen LogP contribution < -0.4 is 9.64 Å². The number of anilines is 1. The van der Waals surface area contributed by atoms with E-state index in [1.54, 1.807) is 31.3 Å². The fourth-order valence-electron chi connectivity index (χ4n) is 2.42. The van der Waals surface area contributed by atoms with Gasteiger partial charge in [-0.3, -0.25) is 4.79 Å².